The highest BCUT2D eigenvalue weighted by Gasteiger charge is 2.26. The molecular formula is C28H40N4O4. The number of hydrogen-bond donors (Lipinski definition) is 2. The van der Waals surface area contributed by atoms with Crippen molar-refractivity contribution in [2.45, 2.75) is 45.1 Å². The Morgan fingerprint density at radius 3 is 2.64 bits per heavy atom. The molecule has 8 heteroatoms. The number of anilines is 2. The molecule has 1 aliphatic rings. The zero-order chi connectivity index (χ0) is 26.5. The van der Waals surface area contributed by atoms with Gasteiger partial charge in [-0.15, -0.1) is 0 Å². The Morgan fingerprint density at radius 2 is 1.97 bits per heavy atom. The van der Waals surface area contributed by atoms with Gasteiger partial charge in [-0.25, -0.2) is 0 Å². The third-order valence-corrected chi connectivity index (χ3v) is 6.13. The lowest BCUT2D eigenvalue weighted by atomic mass is 10.1. The van der Waals surface area contributed by atoms with E-state index in [9.17, 15) is 14.7 Å². The van der Waals surface area contributed by atoms with Gasteiger partial charge < -0.3 is 24.5 Å². The lowest BCUT2D eigenvalue weighted by molar-refractivity contribution is -0.139. The monoisotopic (exact) mass is 496 g/mol. The molecule has 196 valence electrons. The van der Waals surface area contributed by atoms with Gasteiger partial charge in [0, 0.05) is 46.6 Å². The van der Waals surface area contributed by atoms with Crippen LogP contribution in [0.2, 0.25) is 0 Å². The van der Waals surface area contributed by atoms with E-state index in [4.69, 9.17) is 10.1 Å². The average Bonchev–Trinajstić information content (AvgIpc) is 3.39. The molecule has 1 fully saturated rings. The van der Waals surface area contributed by atoms with E-state index in [0.29, 0.717) is 26.1 Å². The van der Waals surface area contributed by atoms with Crippen molar-refractivity contribution in [1.82, 2.24) is 4.90 Å². The molecule has 36 heavy (non-hydrogen) atoms. The third-order valence-electron chi connectivity index (χ3n) is 6.13. The Morgan fingerprint density at radius 1 is 1.22 bits per heavy atom. The first-order valence-corrected chi connectivity index (χ1v) is 12.4. The Bertz CT molecular complexity index is 966. The maximum absolute atomic E-state index is 12.6. The number of ether oxygens (including phenoxy) is 1. The van der Waals surface area contributed by atoms with Crippen molar-refractivity contribution in [1.29, 1.82) is 5.41 Å². The normalized spacial score (nSPS) is 15.6. The fraction of sp³-hybridized carbons (Fsp3) is 0.464. The van der Waals surface area contributed by atoms with Crippen molar-refractivity contribution in [2.75, 3.05) is 50.1 Å². The highest BCUT2D eigenvalue weighted by molar-refractivity contribution is 5.94. The number of para-hydroxylation sites is 1. The zero-order valence-corrected chi connectivity index (χ0v) is 21.8. The van der Waals surface area contributed by atoms with Gasteiger partial charge in [0.1, 0.15) is 6.10 Å². The number of ketones is 1. The molecule has 1 aromatic rings. The number of carbonyl (C=O) groups excluding carboxylic acids is 2. The second-order valence-electron chi connectivity index (χ2n) is 9.05. The Hall–Kier alpha value is -3.39. The molecule has 1 aromatic carbocycles. The third kappa shape index (κ3) is 8.68. The van der Waals surface area contributed by atoms with Crippen LogP contribution in [-0.4, -0.2) is 74.5 Å². The van der Waals surface area contributed by atoms with Crippen LogP contribution in [0.5, 0.6) is 0 Å². The minimum atomic E-state index is -0.307. The van der Waals surface area contributed by atoms with Gasteiger partial charge in [0.25, 0.3) is 5.91 Å². The minimum Gasteiger partial charge on any atom is -0.512 e. The lowest BCUT2D eigenvalue weighted by Gasteiger charge is -2.29. The quantitative estimate of drug-likeness (QED) is 0.123. The first-order chi connectivity index (χ1) is 17.3. The van der Waals surface area contributed by atoms with Gasteiger partial charge in [-0.05, 0) is 43.9 Å². The molecule has 2 rings (SSSR count). The number of nitrogens with zero attached hydrogens (tertiary/aromatic N) is 3. The lowest BCUT2D eigenvalue weighted by Crippen LogP contribution is -2.37. The van der Waals surface area contributed by atoms with Crippen molar-refractivity contribution in [3.05, 3.63) is 60.4 Å². The van der Waals surface area contributed by atoms with E-state index in [2.05, 4.69) is 11.5 Å². The fourth-order valence-corrected chi connectivity index (χ4v) is 4.23. The number of benzene rings is 1. The summed E-state index contributed by atoms with van der Waals surface area (Å²) in [6, 6.07) is 5.85. The van der Waals surface area contributed by atoms with Crippen LogP contribution >= 0.6 is 0 Å². The van der Waals surface area contributed by atoms with Crippen molar-refractivity contribution in [3.63, 3.8) is 0 Å². The Labute approximate surface area is 215 Å². The number of likely N-dealkylation sites (N-methyl/N-ethyl adjacent to an activating group) is 1. The molecule has 1 amide bonds. The van der Waals surface area contributed by atoms with Gasteiger partial charge >= 0.3 is 0 Å². The van der Waals surface area contributed by atoms with Crippen LogP contribution in [0.15, 0.2) is 54.8 Å². The topological polar surface area (TPSA) is 97.2 Å². The SMILES string of the molecule is C=C/C=C(/O)C/C=C\CC(=O)CN(C=N)c1cccc(C)c1N(C)CCCN(C)C(=O)C1CCCO1. The van der Waals surface area contributed by atoms with Gasteiger partial charge in [0.2, 0.25) is 0 Å². The summed E-state index contributed by atoms with van der Waals surface area (Å²) in [7, 11) is 3.81. The summed E-state index contributed by atoms with van der Waals surface area (Å²) in [5.74, 6) is 0.192. The smallest absolute Gasteiger partial charge is 0.251 e. The van der Waals surface area contributed by atoms with Crippen LogP contribution in [-0.2, 0) is 14.3 Å². The molecule has 0 bridgehead atoms. The second-order valence-corrected chi connectivity index (χ2v) is 9.05. The van der Waals surface area contributed by atoms with E-state index in [1.807, 2.05) is 39.2 Å². The molecule has 1 saturated heterocycles. The number of Topliss-reactive ketones (excluding diaryl/α,β-unsaturated/α-hetero) is 1. The summed E-state index contributed by atoms with van der Waals surface area (Å²) in [5, 5.41) is 17.6. The summed E-state index contributed by atoms with van der Waals surface area (Å²) in [6.07, 6.45) is 10.4. The molecule has 0 radical (unpaired) electrons. The number of nitrogens with one attached hydrogen (secondary N) is 1. The van der Waals surface area contributed by atoms with Crippen LogP contribution in [0.3, 0.4) is 0 Å². The Balaban J connectivity index is 1.98. The van der Waals surface area contributed by atoms with E-state index in [0.717, 1.165) is 36.2 Å². The molecule has 1 aliphatic heterocycles. The van der Waals surface area contributed by atoms with Gasteiger partial charge in [-0.2, -0.15) is 0 Å². The summed E-state index contributed by atoms with van der Waals surface area (Å²) in [4.78, 5) is 30.6. The molecule has 2 N–H and O–H groups in total. The van der Waals surface area contributed by atoms with Crippen LogP contribution in [0, 0.1) is 12.3 Å². The van der Waals surface area contributed by atoms with Gasteiger partial charge in [-0.3, -0.25) is 15.0 Å². The van der Waals surface area contributed by atoms with Crippen LogP contribution < -0.4 is 9.80 Å². The highest BCUT2D eigenvalue weighted by atomic mass is 16.5. The molecule has 1 unspecified atom stereocenters. The molecule has 0 saturated carbocycles. The van der Waals surface area contributed by atoms with Crippen molar-refractivity contribution < 1.29 is 19.4 Å². The fourth-order valence-electron chi connectivity index (χ4n) is 4.23. The average molecular weight is 497 g/mol. The van der Waals surface area contributed by atoms with E-state index in [-0.39, 0.29) is 36.5 Å². The number of aliphatic hydroxyl groups is 1. The first kappa shape index (κ1) is 28.8. The first-order valence-electron chi connectivity index (χ1n) is 12.4. The predicted octanol–water partition coefficient (Wildman–Crippen LogP) is 4.41. The second kappa shape index (κ2) is 14.9. The number of rotatable bonds is 15. The van der Waals surface area contributed by atoms with E-state index in [1.165, 1.54) is 18.5 Å². The summed E-state index contributed by atoms with van der Waals surface area (Å²) in [5.41, 5.74) is 2.79. The van der Waals surface area contributed by atoms with E-state index >= 15 is 0 Å². The van der Waals surface area contributed by atoms with Crippen LogP contribution in [0.25, 0.3) is 0 Å². The van der Waals surface area contributed by atoms with Gasteiger partial charge in [0.05, 0.1) is 30.0 Å². The number of aryl methyl sites for hydroxylation is 1. The largest absolute Gasteiger partial charge is 0.512 e. The maximum atomic E-state index is 12.6. The van der Waals surface area contributed by atoms with E-state index < -0.39 is 0 Å². The summed E-state index contributed by atoms with van der Waals surface area (Å²) < 4.78 is 5.51. The van der Waals surface area contributed by atoms with Crippen LogP contribution in [0.4, 0.5) is 11.4 Å². The highest BCUT2D eigenvalue weighted by Crippen LogP contribution is 2.32. The van der Waals surface area contributed by atoms with Gasteiger partial charge in [-0.1, -0.05) is 36.9 Å². The summed E-state index contributed by atoms with van der Waals surface area (Å²) in [6.45, 7) is 7.62. The number of allylic oxidation sites excluding steroid dienone is 4. The number of hydrogen-bond acceptors (Lipinski definition) is 6. The number of amides is 1. The molecule has 8 nitrogen and oxygen atoms in total. The van der Waals surface area contributed by atoms with Crippen LogP contribution in [0.1, 0.15) is 37.7 Å². The van der Waals surface area contributed by atoms with Crippen molar-refractivity contribution >= 4 is 29.4 Å². The maximum Gasteiger partial charge on any atom is 0.251 e. The number of carbonyl (C=O) groups is 2. The molecule has 0 aromatic heterocycles. The standard InChI is InChI=1S/C28H40N4O4/c1-5-11-23(33)13-6-7-14-24(34)20-32(21-29)25-15-8-12-22(2)27(25)30(3)17-10-18-31(4)28(35)26-16-9-19-36-26/h5-8,11-12,15,21,26,29,33H,1,9-10,13-14,16-20H2,2-4H3/b7-6-,23-11+,29-21?. The zero-order valence-electron chi connectivity index (χ0n) is 21.8. The molecule has 1 atom stereocenters. The Kier molecular flexibility index (Phi) is 11.9. The predicted molar refractivity (Wildman–Crippen MR) is 146 cm³/mol. The molecule has 0 spiro atoms. The van der Waals surface area contributed by atoms with Crippen molar-refractivity contribution in [2.24, 2.45) is 0 Å². The number of aliphatic hydroxyl groups excluding tert-OH is 1. The minimum absolute atomic E-state index is 0.0358. The summed E-state index contributed by atoms with van der Waals surface area (Å²) >= 11 is 0. The van der Waals surface area contributed by atoms with E-state index in [1.54, 1.807) is 22.0 Å². The van der Waals surface area contributed by atoms with Crippen molar-refractivity contribution in [3.8, 4) is 0 Å². The van der Waals surface area contributed by atoms with Gasteiger partial charge in [0.15, 0.2) is 5.78 Å². The molecular weight excluding hydrogens is 456 g/mol. The molecule has 1 heterocycles. The molecule has 0 aliphatic carbocycles.